The number of aliphatic hydroxyl groups is 1. The standard InChI is InChI=1S/C20H30N4OS.HI/c1-3-9-24-10-8-15(14-24)12-22-20(21-2)23-13-17(25)19-11-16-6-4-5-7-18(16)26-19;/h4-7,11,15,17,25H,3,8-10,12-14H2,1-2H3,(H2,21,22,23);1H. The van der Waals surface area contributed by atoms with E-state index in [1.807, 2.05) is 12.1 Å². The zero-order chi connectivity index (χ0) is 18.4. The van der Waals surface area contributed by atoms with Crippen LogP contribution >= 0.6 is 35.3 Å². The van der Waals surface area contributed by atoms with Gasteiger partial charge in [0.25, 0.3) is 0 Å². The summed E-state index contributed by atoms with van der Waals surface area (Å²) in [4.78, 5) is 7.81. The largest absolute Gasteiger partial charge is 0.386 e. The third kappa shape index (κ3) is 6.30. The number of hydrogen-bond donors (Lipinski definition) is 3. The lowest BCUT2D eigenvalue weighted by Gasteiger charge is -2.18. The van der Waals surface area contributed by atoms with Gasteiger partial charge in [-0.15, -0.1) is 35.3 Å². The fourth-order valence-electron chi connectivity index (χ4n) is 3.52. The Bertz CT molecular complexity index is 703. The highest BCUT2D eigenvalue weighted by molar-refractivity contribution is 14.0. The first-order valence-electron chi connectivity index (χ1n) is 9.53. The number of likely N-dealkylation sites (tertiary alicyclic amines) is 1. The van der Waals surface area contributed by atoms with Crippen LogP contribution in [0.1, 0.15) is 30.7 Å². The molecule has 0 bridgehead atoms. The van der Waals surface area contributed by atoms with E-state index >= 15 is 0 Å². The van der Waals surface area contributed by atoms with Crippen LogP contribution < -0.4 is 10.6 Å². The molecular weight excluding hydrogens is 471 g/mol. The Morgan fingerprint density at radius 1 is 1.37 bits per heavy atom. The van der Waals surface area contributed by atoms with E-state index in [9.17, 15) is 5.11 Å². The van der Waals surface area contributed by atoms with E-state index in [0.29, 0.717) is 12.5 Å². The van der Waals surface area contributed by atoms with Gasteiger partial charge in [-0.3, -0.25) is 4.99 Å². The quantitative estimate of drug-likeness (QED) is 0.309. The van der Waals surface area contributed by atoms with Crippen molar-refractivity contribution in [1.29, 1.82) is 0 Å². The van der Waals surface area contributed by atoms with Crippen molar-refractivity contribution in [3.8, 4) is 0 Å². The van der Waals surface area contributed by atoms with Crippen molar-refractivity contribution in [2.45, 2.75) is 25.9 Å². The molecule has 0 radical (unpaired) electrons. The fourth-order valence-corrected chi connectivity index (χ4v) is 4.57. The van der Waals surface area contributed by atoms with Crippen LogP contribution in [0.15, 0.2) is 35.3 Å². The second-order valence-electron chi connectivity index (χ2n) is 6.99. The molecule has 5 nitrogen and oxygen atoms in total. The Morgan fingerprint density at radius 2 is 2.19 bits per heavy atom. The first-order chi connectivity index (χ1) is 12.7. The molecule has 1 aliphatic heterocycles. The van der Waals surface area contributed by atoms with Crippen molar-refractivity contribution in [3.63, 3.8) is 0 Å². The molecule has 150 valence electrons. The van der Waals surface area contributed by atoms with E-state index in [2.05, 4.69) is 45.6 Å². The SMILES string of the molecule is CCCN1CCC(CNC(=NC)NCC(O)c2cc3ccccc3s2)C1.I. The number of guanidine groups is 1. The summed E-state index contributed by atoms with van der Waals surface area (Å²) in [5.74, 6) is 1.44. The highest BCUT2D eigenvalue weighted by Crippen LogP contribution is 2.29. The van der Waals surface area contributed by atoms with Crippen LogP contribution in [0, 0.1) is 5.92 Å². The predicted octanol–water partition coefficient (Wildman–Crippen LogP) is 3.45. The van der Waals surface area contributed by atoms with Crippen LogP contribution in [0.5, 0.6) is 0 Å². The second kappa shape index (κ2) is 11.2. The summed E-state index contributed by atoms with van der Waals surface area (Å²) in [6.07, 6.45) is 1.94. The first kappa shape index (κ1) is 22.4. The Balaban J connectivity index is 0.00000261. The molecule has 0 amide bonds. The van der Waals surface area contributed by atoms with Gasteiger partial charge in [-0.2, -0.15) is 0 Å². The molecule has 3 rings (SSSR count). The Hall–Kier alpha value is -0.900. The topological polar surface area (TPSA) is 59.9 Å². The lowest BCUT2D eigenvalue weighted by molar-refractivity contribution is 0.184. The number of nitrogens with one attached hydrogen (secondary N) is 2. The molecule has 1 aliphatic rings. The number of hydrogen-bond acceptors (Lipinski definition) is 4. The van der Waals surface area contributed by atoms with Crippen LogP contribution in [-0.2, 0) is 0 Å². The molecule has 1 fully saturated rings. The zero-order valence-electron chi connectivity index (χ0n) is 16.1. The van der Waals surface area contributed by atoms with Gasteiger partial charge in [0.2, 0.25) is 0 Å². The third-order valence-corrected chi connectivity index (χ3v) is 6.14. The minimum atomic E-state index is -0.530. The van der Waals surface area contributed by atoms with Crippen LogP contribution in [0.3, 0.4) is 0 Å². The zero-order valence-corrected chi connectivity index (χ0v) is 19.3. The molecule has 0 saturated carbocycles. The number of thiophene rings is 1. The maximum Gasteiger partial charge on any atom is 0.191 e. The molecule has 2 aromatic rings. The fraction of sp³-hybridized carbons (Fsp3) is 0.550. The molecule has 27 heavy (non-hydrogen) atoms. The monoisotopic (exact) mass is 502 g/mol. The van der Waals surface area contributed by atoms with Crippen molar-refractivity contribution in [3.05, 3.63) is 35.2 Å². The Kier molecular flexibility index (Phi) is 9.28. The number of rotatable bonds is 7. The van der Waals surface area contributed by atoms with E-state index in [-0.39, 0.29) is 24.0 Å². The summed E-state index contributed by atoms with van der Waals surface area (Å²) in [5.41, 5.74) is 0. The normalized spacial score (nSPS) is 19.1. The molecular formula is C20H31IN4OS. The van der Waals surface area contributed by atoms with Gasteiger partial charge in [-0.25, -0.2) is 0 Å². The summed E-state index contributed by atoms with van der Waals surface area (Å²) < 4.78 is 1.21. The smallest absolute Gasteiger partial charge is 0.191 e. The molecule has 1 saturated heterocycles. The van der Waals surface area contributed by atoms with Crippen LogP contribution in [-0.4, -0.2) is 55.7 Å². The summed E-state index contributed by atoms with van der Waals surface area (Å²) in [5, 5.41) is 18.4. The van der Waals surface area contributed by atoms with E-state index in [1.54, 1.807) is 18.4 Å². The second-order valence-corrected chi connectivity index (χ2v) is 8.11. The van der Waals surface area contributed by atoms with Crippen LogP contribution in [0.4, 0.5) is 0 Å². The molecule has 0 aliphatic carbocycles. The Labute approximate surface area is 183 Å². The number of aliphatic hydroxyl groups excluding tert-OH is 1. The maximum atomic E-state index is 10.5. The van der Waals surface area contributed by atoms with Gasteiger partial charge in [-0.05, 0) is 49.4 Å². The van der Waals surface area contributed by atoms with Gasteiger partial charge in [0.1, 0.15) is 6.10 Å². The summed E-state index contributed by atoms with van der Waals surface area (Å²) in [7, 11) is 1.78. The molecule has 0 spiro atoms. The van der Waals surface area contributed by atoms with Gasteiger partial charge >= 0.3 is 0 Å². The highest BCUT2D eigenvalue weighted by atomic mass is 127. The van der Waals surface area contributed by atoms with Gasteiger partial charge in [0.05, 0.1) is 0 Å². The lowest BCUT2D eigenvalue weighted by atomic mass is 10.1. The van der Waals surface area contributed by atoms with Gasteiger partial charge in [0.15, 0.2) is 5.96 Å². The number of nitrogens with zero attached hydrogens (tertiary/aromatic N) is 2. The number of fused-ring (bicyclic) bond motifs is 1. The number of halogens is 1. The van der Waals surface area contributed by atoms with E-state index in [1.165, 1.54) is 42.6 Å². The van der Waals surface area contributed by atoms with Crippen LogP contribution in [0.2, 0.25) is 0 Å². The third-order valence-electron chi connectivity index (χ3n) is 4.93. The average Bonchev–Trinajstić information content (AvgIpc) is 3.28. The van der Waals surface area contributed by atoms with E-state index in [0.717, 1.165) is 17.4 Å². The summed E-state index contributed by atoms with van der Waals surface area (Å²) in [6, 6.07) is 10.3. The maximum absolute atomic E-state index is 10.5. The minimum absolute atomic E-state index is 0. The predicted molar refractivity (Wildman–Crippen MR) is 126 cm³/mol. The first-order valence-corrected chi connectivity index (χ1v) is 10.3. The molecule has 7 heteroatoms. The van der Waals surface area contributed by atoms with E-state index in [4.69, 9.17) is 0 Å². The highest BCUT2D eigenvalue weighted by Gasteiger charge is 2.21. The van der Waals surface area contributed by atoms with E-state index < -0.39 is 6.10 Å². The van der Waals surface area contributed by atoms with Gasteiger partial charge < -0.3 is 20.6 Å². The average molecular weight is 502 g/mol. The molecule has 2 heterocycles. The molecule has 3 N–H and O–H groups in total. The van der Waals surface area contributed by atoms with Crippen LogP contribution in [0.25, 0.3) is 10.1 Å². The summed E-state index contributed by atoms with van der Waals surface area (Å²) >= 11 is 1.65. The van der Waals surface area contributed by atoms with Crippen molar-refractivity contribution in [2.75, 3.05) is 39.8 Å². The summed E-state index contributed by atoms with van der Waals surface area (Å²) in [6.45, 7) is 7.20. The Morgan fingerprint density at radius 3 is 2.93 bits per heavy atom. The van der Waals surface area contributed by atoms with Crippen molar-refractivity contribution < 1.29 is 5.11 Å². The van der Waals surface area contributed by atoms with Crippen molar-refractivity contribution >= 4 is 51.4 Å². The van der Waals surface area contributed by atoms with Crippen molar-refractivity contribution in [2.24, 2.45) is 10.9 Å². The molecule has 2 unspecified atom stereocenters. The van der Waals surface area contributed by atoms with Crippen molar-refractivity contribution in [1.82, 2.24) is 15.5 Å². The minimum Gasteiger partial charge on any atom is -0.386 e. The number of benzene rings is 1. The number of aliphatic imine (C=N–C) groups is 1. The lowest BCUT2D eigenvalue weighted by Crippen LogP contribution is -2.41. The van der Waals surface area contributed by atoms with Gasteiger partial charge in [0, 0.05) is 36.3 Å². The molecule has 1 aromatic carbocycles. The van der Waals surface area contributed by atoms with Gasteiger partial charge in [-0.1, -0.05) is 25.1 Å². The molecule has 2 atom stereocenters. The molecule has 1 aromatic heterocycles.